The third-order valence-electron chi connectivity index (χ3n) is 4.41. The maximum Gasteiger partial charge on any atom is 0.235 e. The van der Waals surface area contributed by atoms with E-state index in [9.17, 15) is 8.42 Å². The van der Waals surface area contributed by atoms with Crippen molar-refractivity contribution in [3.63, 3.8) is 0 Å². The van der Waals surface area contributed by atoms with Crippen LogP contribution >= 0.6 is 0 Å². The van der Waals surface area contributed by atoms with Crippen LogP contribution in [0.3, 0.4) is 0 Å². The number of rotatable bonds is 8. The molecule has 1 aliphatic rings. The quantitative estimate of drug-likeness (QED) is 0.764. The molecule has 0 aromatic carbocycles. The second-order valence-electron chi connectivity index (χ2n) is 8.27. The average Bonchev–Trinajstić information content (AvgIpc) is 3.30. The second kappa shape index (κ2) is 7.50. The van der Waals surface area contributed by atoms with E-state index in [-0.39, 0.29) is 10.7 Å². The Hall–Kier alpha value is -1.34. The lowest BCUT2D eigenvalue weighted by Gasteiger charge is -2.25. The number of aromatic nitrogens is 1. The summed E-state index contributed by atoms with van der Waals surface area (Å²) in [5.74, 6) is 0.691. The van der Waals surface area contributed by atoms with Crippen molar-refractivity contribution < 1.29 is 8.42 Å². The van der Waals surface area contributed by atoms with E-state index in [4.69, 9.17) is 0 Å². The summed E-state index contributed by atoms with van der Waals surface area (Å²) in [6, 6.07) is 1.94. The van der Waals surface area contributed by atoms with Crippen LogP contribution in [0.15, 0.2) is 12.3 Å². The number of nitrogens with zero attached hydrogens (tertiary/aromatic N) is 3. The molecule has 0 spiro atoms. The first-order valence-corrected chi connectivity index (χ1v) is 10.4. The molecule has 1 fully saturated rings. The Morgan fingerprint density at radius 3 is 2.36 bits per heavy atom. The molecule has 1 aliphatic carbocycles. The van der Waals surface area contributed by atoms with E-state index >= 15 is 0 Å². The minimum Gasteiger partial charge on any atom is -0.358 e. The number of nitrogens with one attached hydrogen (secondary N) is 1. The molecule has 1 N–H and O–H groups in total. The first kappa shape index (κ1) is 20.0. The molecule has 1 aromatic heterocycles. The zero-order valence-corrected chi connectivity index (χ0v) is 17.2. The Labute approximate surface area is 152 Å². The maximum absolute atomic E-state index is 12.4. The van der Waals surface area contributed by atoms with Gasteiger partial charge in [0, 0.05) is 19.8 Å². The van der Waals surface area contributed by atoms with E-state index < -0.39 is 10.0 Å². The van der Waals surface area contributed by atoms with Crippen molar-refractivity contribution in [2.75, 3.05) is 43.9 Å². The van der Waals surface area contributed by atoms with Gasteiger partial charge in [0.25, 0.3) is 0 Å². The average molecular weight is 369 g/mol. The molecule has 1 aromatic rings. The Balaban J connectivity index is 2.27. The highest BCUT2D eigenvalue weighted by Gasteiger charge is 2.36. The van der Waals surface area contributed by atoms with Gasteiger partial charge in [0.1, 0.15) is 0 Å². The molecule has 25 heavy (non-hydrogen) atoms. The zero-order chi connectivity index (χ0) is 18.8. The van der Waals surface area contributed by atoms with Gasteiger partial charge >= 0.3 is 0 Å². The van der Waals surface area contributed by atoms with Crippen LogP contribution in [0.4, 0.5) is 11.5 Å². The molecule has 1 saturated carbocycles. The first-order valence-electron chi connectivity index (χ1n) is 8.89. The van der Waals surface area contributed by atoms with Crippen LogP contribution in [-0.2, 0) is 15.4 Å². The predicted octanol–water partition coefficient (Wildman–Crippen LogP) is 2.67. The van der Waals surface area contributed by atoms with E-state index in [0.29, 0.717) is 11.5 Å². The highest BCUT2D eigenvalue weighted by molar-refractivity contribution is 7.93. The summed E-state index contributed by atoms with van der Waals surface area (Å²) >= 11 is 0. The summed E-state index contributed by atoms with van der Waals surface area (Å²) in [6.07, 6.45) is 4.33. The summed E-state index contributed by atoms with van der Waals surface area (Å²) in [5.41, 5.74) is 1.52. The van der Waals surface area contributed by atoms with Crippen molar-refractivity contribution in [2.45, 2.75) is 50.7 Å². The van der Waals surface area contributed by atoms with E-state index in [1.54, 1.807) is 0 Å². The van der Waals surface area contributed by atoms with E-state index in [1.807, 2.05) is 38.3 Å². The van der Waals surface area contributed by atoms with Gasteiger partial charge in [-0.05, 0) is 56.9 Å². The molecular weight excluding hydrogens is 336 g/mol. The van der Waals surface area contributed by atoms with E-state index in [2.05, 4.69) is 35.4 Å². The highest BCUT2D eigenvalue weighted by atomic mass is 32.2. The first-order chi connectivity index (χ1) is 11.5. The Morgan fingerprint density at radius 2 is 1.84 bits per heavy atom. The van der Waals surface area contributed by atoms with E-state index in [1.165, 1.54) is 0 Å². The molecule has 0 amide bonds. The number of pyridine rings is 1. The van der Waals surface area contributed by atoms with Gasteiger partial charge in [-0.1, -0.05) is 20.8 Å². The molecule has 1 heterocycles. The van der Waals surface area contributed by atoms with Crippen LogP contribution in [-0.4, -0.2) is 57.8 Å². The number of hydrogen-bond donors (Lipinski definition) is 1. The lowest BCUT2D eigenvalue weighted by molar-refractivity contribution is 0.401. The van der Waals surface area contributed by atoms with Crippen LogP contribution in [0, 0.1) is 0 Å². The van der Waals surface area contributed by atoms with Crippen molar-refractivity contribution in [2.24, 2.45) is 0 Å². The molecular formula is C18H32N4O2S. The SMILES string of the molecule is CN(C)CCCN(C)c1ncc(C(C)(C)C)cc1NS(=O)(=O)C1CC1. The fourth-order valence-electron chi connectivity index (χ4n) is 2.59. The summed E-state index contributed by atoms with van der Waals surface area (Å²) in [5, 5.41) is -0.252. The molecule has 0 saturated heterocycles. The summed E-state index contributed by atoms with van der Waals surface area (Å²) in [4.78, 5) is 8.76. The summed E-state index contributed by atoms with van der Waals surface area (Å²) in [7, 11) is 2.74. The third-order valence-corrected chi connectivity index (χ3v) is 6.26. The topological polar surface area (TPSA) is 65.5 Å². The molecule has 2 rings (SSSR count). The van der Waals surface area contributed by atoms with Crippen molar-refractivity contribution in [1.29, 1.82) is 0 Å². The van der Waals surface area contributed by atoms with Crippen molar-refractivity contribution in [3.05, 3.63) is 17.8 Å². The normalized spacial score (nSPS) is 15.5. The van der Waals surface area contributed by atoms with Gasteiger partial charge in [0.05, 0.1) is 10.9 Å². The zero-order valence-electron chi connectivity index (χ0n) is 16.3. The van der Waals surface area contributed by atoms with Gasteiger partial charge in [-0.15, -0.1) is 0 Å². The molecule has 0 unspecified atom stereocenters. The molecule has 0 atom stereocenters. The number of anilines is 2. The predicted molar refractivity (Wildman–Crippen MR) is 105 cm³/mol. The fourth-order valence-corrected chi connectivity index (χ4v) is 3.97. The Kier molecular flexibility index (Phi) is 5.99. The monoisotopic (exact) mass is 368 g/mol. The smallest absolute Gasteiger partial charge is 0.235 e. The Morgan fingerprint density at radius 1 is 1.20 bits per heavy atom. The third kappa shape index (κ3) is 5.57. The van der Waals surface area contributed by atoms with Crippen LogP contribution in [0.1, 0.15) is 45.6 Å². The van der Waals surface area contributed by atoms with Gasteiger partial charge in [0.15, 0.2) is 5.82 Å². The van der Waals surface area contributed by atoms with Crippen molar-refractivity contribution in [1.82, 2.24) is 9.88 Å². The fraction of sp³-hybridized carbons (Fsp3) is 0.722. The largest absolute Gasteiger partial charge is 0.358 e. The van der Waals surface area contributed by atoms with Gasteiger partial charge in [0.2, 0.25) is 10.0 Å². The van der Waals surface area contributed by atoms with Gasteiger partial charge in [-0.25, -0.2) is 13.4 Å². The van der Waals surface area contributed by atoms with Gasteiger partial charge in [-0.2, -0.15) is 0 Å². The molecule has 7 heteroatoms. The van der Waals surface area contributed by atoms with Crippen LogP contribution < -0.4 is 9.62 Å². The number of hydrogen-bond acceptors (Lipinski definition) is 5. The molecule has 142 valence electrons. The van der Waals surface area contributed by atoms with Gasteiger partial charge in [-0.3, -0.25) is 4.72 Å². The highest BCUT2D eigenvalue weighted by Crippen LogP contribution is 2.34. The second-order valence-corrected chi connectivity index (χ2v) is 10.2. The lowest BCUT2D eigenvalue weighted by atomic mass is 9.88. The van der Waals surface area contributed by atoms with E-state index in [0.717, 1.165) is 37.9 Å². The maximum atomic E-state index is 12.4. The number of sulfonamides is 1. The van der Waals surface area contributed by atoms with Crippen LogP contribution in [0.2, 0.25) is 0 Å². The summed E-state index contributed by atoms with van der Waals surface area (Å²) in [6.45, 7) is 8.10. The minimum atomic E-state index is -3.32. The summed E-state index contributed by atoms with van der Waals surface area (Å²) < 4.78 is 27.7. The molecule has 0 bridgehead atoms. The standard InChI is InChI=1S/C18H32N4O2S/c1-18(2,3)14-12-16(20-25(23,24)15-8-9-15)17(19-13-14)22(6)11-7-10-21(4)5/h12-13,15,20H,7-11H2,1-6H3. The minimum absolute atomic E-state index is 0.0885. The molecule has 0 radical (unpaired) electrons. The van der Waals surface area contributed by atoms with Crippen molar-refractivity contribution >= 4 is 21.5 Å². The Bertz CT molecular complexity index is 692. The molecule has 0 aliphatic heterocycles. The van der Waals surface area contributed by atoms with Crippen LogP contribution in [0.25, 0.3) is 0 Å². The van der Waals surface area contributed by atoms with Crippen LogP contribution in [0.5, 0.6) is 0 Å². The van der Waals surface area contributed by atoms with Crippen molar-refractivity contribution in [3.8, 4) is 0 Å². The molecule has 6 nitrogen and oxygen atoms in total. The van der Waals surface area contributed by atoms with Gasteiger partial charge < -0.3 is 9.80 Å². The lowest BCUT2D eigenvalue weighted by Crippen LogP contribution is -2.27.